The molecule has 0 atom stereocenters. The number of aryl methyl sites for hydroxylation is 3. The van der Waals surface area contributed by atoms with Crippen molar-refractivity contribution in [3.8, 4) is 5.75 Å². The molecule has 1 aromatic heterocycles. The highest BCUT2D eigenvalue weighted by Crippen LogP contribution is 2.16. The average molecular weight is 274 g/mol. The van der Waals surface area contributed by atoms with E-state index in [1.165, 1.54) is 0 Å². The first-order valence-corrected chi connectivity index (χ1v) is 6.49. The van der Waals surface area contributed by atoms with Crippen LogP contribution in [0.15, 0.2) is 27.8 Å². The zero-order valence-corrected chi connectivity index (χ0v) is 11.9. The summed E-state index contributed by atoms with van der Waals surface area (Å²) in [5.41, 5.74) is 2.58. The lowest BCUT2D eigenvalue weighted by Crippen LogP contribution is -2.28. The molecule has 0 aliphatic carbocycles. The topological polar surface area (TPSA) is 75.0 Å². The Balaban J connectivity index is 2.07. The van der Waals surface area contributed by atoms with Crippen LogP contribution in [-0.2, 0) is 6.42 Å². The van der Waals surface area contributed by atoms with Gasteiger partial charge in [-0.05, 0) is 44.0 Å². The Morgan fingerprint density at radius 3 is 2.25 bits per heavy atom. The Labute approximate surface area is 116 Å². The van der Waals surface area contributed by atoms with Gasteiger partial charge in [0.05, 0.1) is 6.61 Å². The number of aromatic nitrogens is 2. The molecule has 0 aliphatic heterocycles. The quantitative estimate of drug-likeness (QED) is 0.889. The highest BCUT2D eigenvalue weighted by Gasteiger charge is 2.06. The average Bonchev–Trinajstić information content (AvgIpc) is 2.31. The lowest BCUT2D eigenvalue weighted by molar-refractivity contribution is 0.320. The Hall–Kier alpha value is -2.30. The normalized spacial score (nSPS) is 10.6. The van der Waals surface area contributed by atoms with Crippen LogP contribution < -0.4 is 16.0 Å². The second-order valence-corrected chi connectivity index (χ2v) is 4.93. The van der Waals surface area contributed by atoms with Gasteiger partial charge in [0.1, 0.15) is 5.75 Å². The summed E-state index contributed by atoms with van der Waals surface area (Å²) >= 11 is 0. The molecule has 0 bridgehead atoms. The first-order valence-electron chi connectivity index (χ1n) is 6.49. The molecule has 20 heavy (non-hydrogen) atoms. The van der Waals surface area contributed by atoms with Gasteiger partial charge in [-0.25, -0.2) is 4.79 Å². The van der Waals surface area contributed by atoms with Crippen LogP contribution in [0.3, 0.4) is 0 Å². The Morgan fingerprint density at radius 2 is 1.65 bits per heavy atom. The van der Waals surface area contributed by atoms with E-state index in [-0.39, 0.29) is 5.56 Å². The van der Waals surface area contributed by atoms with Crippen LogP contribution in [-0.4, -0.2) is 16.6 Å². The molecule has 106 valence electrons. The fraction of sp³-hybridized carbons (Fsp3) is 0.333. The molecular formula is C15H18N2O3. The van der Waals surface area contributed by atoms with Crippen molar-refractivity contribution in [1.29, 1.82) is 0 Å². The van der Waals surface area contributed by atoms with Crippen LogP contribution in [0, 0.1) is 20.8 Å². The largest absolute Gasteiger partial charge is 0.493 e. The molecule has 0 unspecified atom stereocenters. The third kappa shape index (κ3) is 3.38. The molecule has 5 heteroatoms. The summed E-state index contributed by atoms with van der Waals surface area (Å²) in [6.45, 7) is 6.12. The summed E-state index contributed by atoms with van der Waals surface area (Å²) < 4.78 is 5.67. The Morgan fingerprint density at radius 1 is 1.00 bits per heavy atom. The maximum atomic E-state index is 11.7. The number of rotatable bonds is 4. The zero-order valence-electron chi connectivity index (χ0n) is 11.9. The van der Waals surface area contributed by atoms with Gasteiger partial charge in [0, 0.05) is 17.7 Å². The summed E-state index contributed by atoms with van der Waals surface area (Å²) in [6.07, 6.45) is 0.449. The maximum Gasteiger partial charge on any atom is 0.325 e. The van der Waals surface area contributed by atoms with E-state index in [0.29, 0.717) is 24.3 Å². The molecule has 0 saturated carbocycles. The van der Waals surface area contributed by atoms with Crippen LogP contribution in [0.2, 0.25) is 0 Å². The van der Waals surface area contributed by atoms with Crippen molar-refractivity contribution in [3.63, 3.8) is 0 Å². The van der Waals surface area contributed by atoms with Gasteiger partial charge in [-0.2, -0.15) is 0 Å². The molecule has 1 aromatic carbocycles. The molecule has 0 radical (unpaired) electrons. The molecule has 0 spiro atoms. The zero-order chi connectivity index (χ0) is 14.7. The maximum absolute atomic E-state index is 11.7. The number of hydrogen-bond acceptors (Lipinski definition) is 3. The SMILES string of the molecule is Cc1cc(C)cc(OCCc2c(C)[nH]c(=O)[nH]c2=O)c1. The molecule has 5 nitrogen and oxygen atoms in total. The highest BCUT2D eigenvalue weighted by atomic mass is 16.5. The van der Waals surface area contributed by atoms with Crippen LogP contribution >= 0.6 is 0 Å². The van der Waals surface area contributed by atoms with Crippen molar-refractivity contribution in [2.45, 2.75) is 27.2 Å². The minimum absolute atomic E-state index is 0.352. The van der Waals surface area contributed by atoms with Crippen LogP contribution in [0.25, 0.3) is 0 Å². The molecule has 0 saturated heterocycles. The summed E-state index contributed by atoms with van der Waals surface area (Å²) in [7, 11) is 0. The third-order valence-electron chi connectivity index (χ3n) is 3.07. The van der Waals surface area contributed by atoms with Crippen molar-refractivity contribution in [2.24, 2.45) is 0 Å². The summed E-state index contributed by atoms with van der Waals surface area (Å²) in [6, 6.07) is 5.98. The van der Waals surface area contributed by atoms with Gasteiger partial charge in [-0.1, -0.05) is 6.07 Å². The van der Waals surface area contributed by atoms with Gasteiger partial charge < -0.3 is 9.72 Å². The molecular weight excluding hydrogens is 256 g/mol. The summed E-state index contributed by atoms with van der Waals surface area (Å²) in [4.78, 5) is 27.6. The van der Waals surface area contributed by atoms with Gasteiger partial charge in [0.2, 0.25) is 0 Å². The van der Waals surface area contributed by atoms with Gasteiger partial charge in [0.15, 0.2) is 0 Å². The van der Waals surface area contributed by atoms with Gasteiger partial charge in [-0.15, -0.1) is 0 Å². The lowest BCUT2D eigenvalue weighted by atomic mass is 10.1. The van der Waals surface area contributed by atoms with Gasteiger partial charge in [-0.3, -0.25) is 9.78 Å². The number of aromatic amines is 2. The van der Waals surface area contributed by atoms with Crippen molar-refractivity contribution < 1.29 is 4.74 Å². The van der Waals surface area contributed by atoms with E-state index in [4.69, 9.17) is 4.74 Å². The first-order chi connectivity index (χ1) is 9.45. The van der Waals surface area contributed by atoms with Crippen molar-refractivity contribution >= 4 is 0 Å². The molecule has 0 amide bonds. The third-order valence-corrected chi connectivity index (χ3v) is 3.07. The predicted octanol–water partition coefficient (Wildman–Crippen LogP) is 1.61. The number of H-pyrrole nitrogens is 2. The molecule has 2 rings (SSSR count). The fourth-order valence-electron chi connectivity index (χ4n) is 2.21. The van der Waals surface area contributed by atoms with Gasteiger partial charge in [0.25, 0.3) is 5.56 Å². The summed E-state index contributed by atoms with van der Waals surface area (Å²) in [5.74, 6) is 0.793. The van der Waals surface area contributed by atoms with E-state index in [2.05, 4.69) is 16.0 Å². The van der Waals surface area contributed by atoms with E-state index >= 15 is 0 Å². The minimum Gasteiger partial charge on any atom is -0.493 e. The van der Waals surface area contributed by atoms with Crippen molar-refractivity contribution in [1.82, 2.24) is 9.97 Å². The number of ether oxygens (including phenoxy) is 1. The van der Waals surface area contributed by atoms with E-state index in [1.54, 1.807) is 6.92 Å². The predicted molar refractivity (Wildman–Crippen MR) is 77.5 cm³/mol. The Kier molecular flexibility index (Phi) is 4.08. The second-order valence-electron chi connectivity index (χ2n) is 4.93. The minimum atomic E-state index is -0.480. The monoisotopic (exact) mass is 274 g/mol. The molecule has 0 fully saturated rings. The first kappa shape index (κ1) is 14.1. The number of hydrogen-bond donors (Lipinski definition) is 2. The molecule has 0 aliphatic rings. The second kappa shape index (κ2) is 5.77. The van der Waals surface area contributed by atoms with E-state index in [1.807, 2.05) is 26.0 Å². The van der Waals surface area contributed by atoms with E-state index < -0.39 is 5.69 Å². The van der Waals surface area contributed by atoms with Crippen molar-refractivity contribution in [2.75, 3.05) is 6.61 Å². The standard InChI is InChI=1S/C15H18N2O3/c1-9-6-10(2)8-12(7-9)20-5-4-13-11(3)16-15(19)17-14(13)18/h6-8H,4-5H2,1-3H3,(H2,16,17,18,19). The van der Waals surface area contributed by atoms with Gasteiger partial charge >= 0.3 is 5.69 Å². The molecule has 2 N–H and O–H groups in total. The van der Waals surface area contributed by atoms with Crippen molar-refractivity contribution in [3.05, 3.63) is 61.4 Å². The van der Waals surface area contributed by atoms with Crippen LogP contribution in [0.5, 0.6) is 5.75 Å². The van der Waals surface area contributed by atoms with E-state index in [9.17, 15) is 9.59 Å². The molecule has 1 heterocycles. The van der Waals surface area contributed by atoms with Crippen LogP contribution in [0.1, 0.15) is 22.4 Å². The lowest BCUT2D eigenvalue weighted by Gasteiger charge is -2.09. The number of nitrogens with one attached hydrogen (secondary N) is 2. The van der Waals surface area contributed by atoms with E-state index in [0.717, 1.165) is 16.9 Å². The number of benzene rings is 1. The van der Waals surface area contributed by atoms with Crippen LogP contribution in [0.4, 0.5) is 0 Å². The highest BCUT2D eigenvalue weighted by molar-refractivity contribution is 5.33. The smallest absolute Gasteiger partial charge is 0.325 e. The Bertz CT molecular complexity index is 708. The molecule has 2 aromatic rings. The fourth-order valence-corrected chi connectivity index (χ4v) is 2.21. The summed E-state index contributed by atoms with van der Waals surface area (Å²) in [5, 5.41) is 0.